The van der Waals surface area contributed by atoms with E-state index in [1.54, 1.807) is 10.9 Å². The van der Waals surface area contributed by atoms with E-state index in [0.29, 0.717) is 11.1 Å². The molecule has 26 heavy (non-hydrogen) atoms. The molecule has 3 rings (SSSR count). The van der Waals surface area contributed by atoms with Crippen molar-refractivity contribution in [1.82, 2.24) is 14.9 Å². The second-order valence-electron chi connectivity index (χ2n) is 6.75. The Kier molecular flexibility index (Phi) is 6.08. The molecule has 0 amide bonds. The number of benzene rings is 1. The third-order valence-electron chi connectivity index (χ3n) is 4.67. The first kappa shape index (κ1) is 18.6. The van der Waals surface area contributed by atoms with Crippen molar-refractivity contribution in [3.8, 4) is 0 Å². The standard InChI is InChI=1S/C19H24N4O2S/c1-13-8-9-14(2)16(10-13)11-20-23-18(15-6-4-3-5-7-15)21-22-19(23)26-12-17(24)25/h8-11,15H,3-7,12H2,1-2H3,(H,24,25)/p-1/b20-11-. The molecule has 1 saturated carbocycles. The van der Waals surface area contributed by atoms with Crippen LogP contribution in [0.1, 0.15) is 60.5 Å². The average Bonchev–Trinajstić information content (AvgIpc) is 3.04. The molecule has 1 aliphatic carbocycles. The predicted octanol–water partition coefficient (Wildman–Crippen LogP) is 2.67. The first-order valence-corrected chi connectivity index (χ1v) is 9.92. The number of rotatable bonds is 6. The molecule has 0 N–H and O–H groups in total. The topological polar surface area (TPSA) is 83.2 Å². The Bertz CT molecular complexity index is 810. The van der Waals surface area contributed by atoms with Gasteiger partial charge >= 0.3 is 0 Å². The van der Waals surface area contributed by atoms with Crippen molar-refractivity contribution in [2.24, 2.45) is 5.10 Å². The van der Waals surface area contributed by atoms with Gasteiger partial charge in [-0.15, -0.1) is 10.2 Å². The van der Waals surface area contributed by atoms with Crippen LogP contribution in [0.15, 0.2) is 28.5 Å². The highest BCUT2D eigenvalue weighted by molar-refractivity contribution is 7.99. The quantitative estimate of drug-likeness (QED) is 0.576. The van der Waals surface area contributed by atoms with Crippen LogP contribution in [0.5, 0.6) is 0 Å². The van der Waals surface area contributed by atoms with Gasteiger partial charge in [0.25, 0.3) is 0 Å². The molecule has 1 fully saturated rings. The summed E-state index contributed by atoms with van der Waals surface area (Å²) in [6.07, 6.45) is 7.56. The Morgan fingerprint density at radius 3 is 2.81 bits per heavy atom. The SMILES string of the molecule is Cc1ccc(C)c(/C=N\n2c(SCC(=O)[O-])nnc2C2CCCCC2)c1. The van der Waals surface area contributed by atoms with Crippen LogP contribution in [-0.2, 0) is 4.79 Å². The molecule has 0 atom stereocenters. The van der Waals surface area contributed by atoms with Gasteiger partial charge in [-0.1, -0.05) is 54.8 Å². The fraction of sp³-hybridized carbons (Fsp3) is 0.474. The van der Waals surface area contributed by atoms with Gasteiger partial charge in [0.1, 0.15) is 0 Å². The zero-order valence-electron chi connectivity index (χ0n) is 15.1. The normalized spacial score (nSPS) is 15.6. The lowest BCUT2D eigenvalue weighted by Crippen LogP contribution is -2.24. The zero-order chi connectivity index (χ0) is 18.5. The first-order valence-electron chi connectivity index (χ1n) is 8.94. The van der Waals surface area contributed by atoms with E-state index in [0.717, 1.165) is 41.6 Å². The van der Waals surface area contributed by atoms with E-state index < -0.39 is 5.97 Å². The van der Waals surface area contributed by atoms with Gasteiger partial charge < -0.3 is 9.90 Å². The summed E-state index contributed by atoms with van der Waals surface area (Å²) in [6.45, 7) is 4.09. The van der Waals surface area contributed by atoms with Gasteiger partial charge in [-0.3, -0.25) is 0 Å². The first-order chi connectivity index (χ1) is 12.5. The van der Waals surface area contributed by atoms with Gasteiger partial charge in [0, 0.05) is 11.7 Å². The Labute approximate surface area is 157 Å². The molecule has 0 radical (unpaired) electrons. The van der Waals surface area contributed by atoms with Crippen molar-refractivity contribution in [3.05, 3.63) is 40.7 Å². The number of aliphatic carboxylic acids is 1. The number of aromatic nitrogens is 3. The minimum absolute atomic E-state index is 0.165. The molecule has 2 aromatic rings. The van der Waals surface area contributed by atoms with E-state index >= 15 is 0 Å². The molecule has 1 aliphatic rings. The summed E-state index contributed by atoms with van der Waals surface area (Å²) in [6, 6.07) is 6.22. The van der Waals surface area contributed by atoms with Crippen LogP contribution in [0.2, 0.25) is 0 Å². The molecule has 7 heteroatoms. The lowest BCUT2D eigenvalue weighted by Gasteiger charge is -2.20. The van der Waals surface area contributed by atoms with E-state index in [4.69, 9.17) is 0 Å². The van der Waals surface area contributed by atoms with E-state index in [1.165, 1.54) is 24.8 Å². The number of carboxylic acids is 1. The molecule has 1 aromatic carbocycles. The molecule has 138 valence electrons. The predicted molar refractivity (Wildman–Crippen MR) is 100 cm³/mol. The summed E-state index contributed by atoms with van der Waals surface area (Å²) in [5, 5.41) is 24.5. The highest BCUT2D eigenvalue weighted by Crippen LogP contribution is 2.33. The third-order valence-corrected chi connectivity index (χ3v) is 5.57. The molecule has 0 unspecified atom stereocenters. The summed E-state index contributed by atoms with van der Waals surface area (Å²) in [7, 11) is 0. The molecular formula is C19H23N4O2S-. The van der Waals surface area contributed by atoms with Gasteiger partial charge in [0.05, 0.1) is 12.2 Å². The van der Waals surface area contributed by atoms with Crippen molar-refractivity contribution < 1.29 is 9.90 Å². The van der Waals surface area contributed by atoms with Crippen LogP contribution in [0.25, 0.3) is 0 Å². The lowest BCUT2D eigenvalue weighted by molar-refractivity contribution is -0.301. The third kappa shape index (κ3) is 4.52. The molecular weight excluding hydrogens is 348 g/mol. The summed E-state index contributed by atoms with van der Waals surface area (Å²) in [5.41, 5.74) is 3.33. The summed E-state index contributed by atoms with van der Waals surface area (Å²) >= 11 is 1.10. The highest BCUT2D eigenvalue weighted by atomic mass is 32.2. The molecule has 0 spiro atoms. The molecule has 0 aliphatic heterocycles. The Morgan fingerprint density at radius 2 is 2.08 bits per heavy atom. The molecule has 6 nitrogen and oxygen atoms in total. The zero-order valence-corrected chi connectivity index (χ0v) is 16.0. The Morgan fingerprint density at radius 1 is 1.31 bits per heavy atom. The fourth-order valence-electron chi connectivity index (χ4n) is 3.23. The molecule has 0 bridgehead atoms. The maximum Gasteiger partial charge on any atom is 0.212 e. The van der Waals surface area contributed by atoms with Gasteiger partial charge in [0.2, 0.25) is 5.16 Å². The number of aryl methyl sites for hydroxylation is 2. The van der Waals surface area contributed by atoms with E-state index in [2.05, 4.69) is 33.5 Å². The minimum Gasteiger partial charge on any atom is -0.549 e. The fourth-order valence-corrected chi connectivity index (χ4v) is 3.84. The Hall–Kier alpha value is -2.15. The largest absolute Gasteiger partial charge is 0.549 e. The number of hydrogen-bond donors (Lipinski definition) is 0. The highest BCUT2D eigenvalue weighted by Gasteiger charge is 2.23. The number of thioether (sulfide) groups is 1. The van der Waals surface area contributed by atoms with Crippen molar-refractivity contribution in [1.29, 1.82) is 0 Å². The summed E-state index contributed by atoms with van der Waals surface area (Å²) in [5.74, 6) is -0.138. The Balaban J connectivity index is 1.93. The van der Waals surface area contributed by atoms with Crippen LogP contribution in [0.3, 0.4) is 0 Å². The van der Waals surface area contributed by atoms with Gasteiger partial charge in [-0.2, -0.15) is 9.78 Å². The van der Waals surface area contributed by atoms with E-state index in [9.17, 15) is 9.90 Å². The van der Waals surface area contributed by atoms with Gasteiger partial charge in [-0.05, 0) is 37.8 Å². The second-order valence-corrected chi connectivity index (χ2v) is 7.70. The average molecular weight is 371 g/mol. The minimum atomic E-state index is -1.12. The molecule has 0 saturated heterocycles. The number of nitrogens with zero attached hydrogens (tertiary/aromatic N) is 4. The van der Waals surface area contributed by atoms with Crippen LogP contribution < -0.4 is 5.11 Å². The van der Waals surface area contributed by atoms with Crippen LogP contribution in [-0.4, -0.2) is 32.8 Å². The summed E-state index contributed by atoms with van der Waals surface area (Å²) < 4.78 is 1.71. The number of carbonyl (C=O) groups excluding carboxylic acids is 1. The maximum atomic E-state index is 10.8. The van der Waals surface area contributed by atoms with Crippen LogP contribution in [0.4, 0.5) is 0 Å². The van der Waals surface area contributed by atoms with E-state index in [1.807, 2.05) is 13.8 Å². The van der Waals surface area contributed by atoms with Crippen molar-refractivity contribution in [3.63, 3.8) is 0 Å². The number of carboxylic acid groups (broad SMARTS) is 1. The van der Waals surface area contributed by atoms with Crippen molar-refractivity contribution in [2.45, 2.75) is 57.0 Å². The number of carbonyl (C=O) groups is 1. The van der Waals surface area contributed by atoms with Crippen molar-refractivity contribution >= 4 is 23.9 Å². The number of hydrogen-bond acceptors (Lipinski definition) is 6. The monoisotopic (exact) mass is 371 g/mol. The van der Waals surface area contributed by atoms with Crippen LogP contribution >= 0.6 is 11.8 Å². The molecule has 1 heterocycles. The molecule has 1 aromatic heterocycles. The maximum absolute atomic E-state index is 10.8. The summed E-state index contributed by atoms with van der Waals surface area (Å²) in [4.78, 5) is 10.8. The van der Waals surface area contributed by atoms with Gasteiger partial charge in [0.15, 0.2) is 5.82 Å². The van der Waals surface area contributed by atoms with Crippen LogP contribution in [0, 0.1) is 13.8 Å². The smallest absolute Gasteiger partial charge is 0.212 e. The lowest BCUT2D eigenvalue weighted by atomic mass is 9.89. The van der Waals surface area contributed by atoms with Gasteiger partial charge in [-0.25, -0.2) is 0 Å². The van der Waals surface area contributed by atoms with Crippen molar-refractivity contribution in [2.75, 3.05) is 5.75 Å². The van der Waals surface area contributed by atoms with E-state index in [-0.39, 0.29) is 5.75 Å². The second kappa shape index (κ2) is 8.49.